The molecule has 1 aromatic rings. The van der Waals surface area contributed by atoms with Gasteiger partial charge in [-0.25, -0.2) is 0 Å². The van der Waals surface area contributed by atoms with Crippen LogP contribution in [0.5, 0.6) is 0 Å². The van der Waals surface area contributed by atoms with Gasteiger partial charge in [-0.2, -0.15) is 0 Å². The molecule has 1 saturated heterocycles. The molecule has 1 aliphatic carbocycles. The summed E-state index contributed by atoms with van der Waals surface area (Å²) >= 11 is 0. The van der Waals surface area contributed by atoms with Crippen molar-refractivity contribution < 1.29 is 9.59 Å². The van der Waals surface area contributed by atoms with E-state index in [2.05, 4.69) is 36.7 Å². The molecule has 5 nitrogen and oxygen atoms in total. The average molecular weight is 374 g/mol. The number of nitrogens with one attached hydrogen (secondary N) is 1. The molecule has 2 heterocycles. The molecule has 2 amide bonds. The van der Waals surface area contributed by atoms with Crippen LogP contribution in [0.15, 0.2) is 6.07 Å². The van der Waals surface area contributed by atoms with Crippen molar-refractivity contribution in [3.8, 4) is 0 Å². The molecule has 0 bridgehead atoms. The van der Waals surface area contributed by atoms with E-state index in [-0.39, 0.29) is 17.7 Å². The third-order valence-electron chi connectivity index (χ3n) is 6.36. The fraction of sp³-hybridized carbons (Fsp3) is 0.727. The van der Waals surface area contributed by atoms with Gasteiger partial charge in [-0.05, 0) is 52.0 Å². The van der Waals surface area contributed by atoms with Gasteiger partial charge in [0.1, 0.15) is 0 Å². The van der Waals surface area contributed by atoms with E-state index >= 15 is 0 Å². The molecule has 3 rings (SSSR count). The third kappa shape index (κ3) is 4.39. The summed E-state index contributed by atoms with van der Waals surface area (Å²) in [4.78, 5) is 27.2. The molecule has 0 radical (unpaired) electrons. The van der Waals surface area contributed by atoms with Crippen molar-refractivity contribution in [2.24, 2.45) is 5.92 Å². The average Bonchev–Trinajstić information content (AvgIpc) is 3.00. The molecule has 1 N–H and O–H groups in total. The fourth-order valence-electron chi connectivity index (χ4n) is 4.80. The first-order valence-electron chi connectivity index (χ1n) is 10.8. The minimum absolute atomic E-state index is 0.0512. The Labute approximate surface area is 163 Å². The number of nitrogens with zero attached hydrogens (tertiary/aromatic N) is 2. The van der Waals surface area contributed by atoms with Crippen LogP contribution in [0.2, 0.25) is 0 Å². The number of aryl methyl sites for hydroxylation is 1. The number of carbonyl (C=O) groups excluding carboxylic acids is 2. The zero-order valence-corrected chi connectivity index (χ0v) is 17.2. The molecular weight excluding hydrogens is 338 g/mol. The van der Waals surface area contributed by atoms with Gasteiger partial charge < -0.3 is 14.8 Å². The lowest BCUT2D eigenvalue weighted by atomic mass is 9.94. The lowest BCUT2D eigenvalue weighted by Crippen LogP contribution is -2.43. The molecule has 1 aromatic heterocycles. The second-order valence-corrected chi connectivity index (χ2v) is 8.30. The maximum Gasteiger partial charge on any atom is 0.255 e. The normalized spacial score (nSPS) is 19.3. The first kappa shape index (κ1) is 20.0. The highest BCUT2D eigenvalue weighted by atomic mass is 16.2. The monoisotopic (exact) mass is 373 g/mol. The predicted molar refractivity (Wildman–Crippen MR) is 108 cm³/mol. The highest BCUT2D eigenvalue weighted by Gasteiger charge is 2.30. The van der Waals surface area contributed by atoms with Gasteiger partial charge in [0.25, 0.3) is 5.91 Å². The van der Waals surface area contributed by atoms with Crippen molar-refractivity contribution in [3.63, 3.8) is 0 Å². The molecular formula is C22H35N3O2. The van der Waals surface area contributed by atoms with E-state index in [0.717, 1.165) is 37.1 Å². The number of amides is 2. The molecule has 0 atom stereocenters. The Morgan fingerprint density at radius 2 is 1.74 bits per heavy atom. The minimum atomic E-state index is 0.0512. The standard InChI is InChI=1S/C22H35N3O2/c1-4-12-23-21(26)18-10-13-24(14-11-18)22(27)20-15-16(2)25(17(20)3)19-8-6-5-7-9-19/h15,18-19H,4-14H2,1-3H3,(H,23,26). The Morgan fingerprint density at radius 3 is 2.37 bits per heavy atom. The van der Waals surface area contributed by atoms with Crippen molar-refractivity contribution in [3.05, 3.63) is 23.0 Å². The zero-order valence-electron chi connectivity index (χ0n) is 17.2. The topological polar surface area (TPSA) is 54.3 Å². The Morgan fingerprint density at radius 1 is 1.07 bits per heavy atom. The summed E-state index contributed by atoms with van der Waals surface area (Å²) in [6.45, 7) is 8.38. The highest BCUT2D eigenvalue weighted by Crippen LogP contribution is 2.32. The summed E-state index contributed by atoms with van der Waals surface area (Å²) < 4.78 is 2.40. The van der Waals surface area contributed by atoms with Crippen LogP contribution in [0.1, 0.15) is 86.1 Å². The second kappa shape index (κ2) is 8.94. The molecule has 27 heavy (non-hydrogen) atoms. The maximum absolute atomic E-state index is 13.1. The summed E-state index contributed by atoms with van der Waals surface area (Å²) in [6, 6.07) is 2.63. The van der Waals surface area contributed by atoms with E-state index < -0.39 is 0 Å². The summed E-state index contributed by atoms with van der Waals surface area (Å²) in [5, 5.41) is 2.99. The van der Waals surface area contributed by atoms with Crippen LogP contribution in [0.25, 0.3) is 0 Å². The van der Waals surface area contributed by atoms with Crippen molar-refractivity contribution >= 4 is 11.8 Å². The highest BCUT2D eigenvalue weighted by molar-refractivity contribution is 5.96. The van der Waals surface area contributed by atoms with Gasteiger partial charge in [-0.15, -0.1) is 0 Å². The molecule has 150 valence electrons. The smallest absolute Gasteiger partial charge is 0.255 e. The van der Waals surface area contributed by atoms with Crippen molar-refractivity contribution in [2.75, 3.05) is 19.6 Å². The van der Waals surface area contributed by atoms with Crippen LogP contribution in [0.4, 0.5) is 0 Å². The number of hydrogen-bond donors (Lipinski definition) is 1. The van der Waals surface area contributed by atoms with Crippen molar-refractivity contribution in [1.29, 1.82) is 0 Å². The lowest BCUT2D eigenvalue weighted by Gasteiger charge is -2.31. The first-order valence-corrected chi connectivity index (χ1v) is 10.8. The van der Waals surface area contributed by atoms with Gasteiger partial charge in [0, 0.05) is 43.0 Å². The second-order valence-electron chi connectivity index (χ2n) is 8.30. The van der Waals surface area contributed by atoms with Crippen LogP contribution in [0, 0.1) is 19.8 Å². The predicted octanol–water partition coefficient (Wildman–Crippen LogP) is 3.99. The van der Waals surface area contributed by atoms with Gasteiger partial charge in [-0.3, -0.25) is 9.59 Å². The molecule has 1 aliphatic heterocycles. The minimum Gasteiger partial charge on any atom is -0.356 e. The summed E-state index contributed by atoms with van der Waals surface area (Å²) in [6.07, 6.45) is 8.86. The van der Waals surface area contributed by atoms with Crippen LogP contribution >= 0.6 is 0 Å². The first-order chi connectivity index (χ1) is 13.0. The van der Waals surface area contributed by atoms with Gasteiger partial charge in [-0.1, -0.05) is 26.2 Å². The summed E-state index contributed by atoms with van der Waals surface area (Å²) in [7, 11) is 0. The number of carbonyl (C=O) groups is 2. The fourth-order valence-corrected chi connectivity index (χ4v) is 4.80. The third-order valence-corrected chi connectivity index (χ3v) is 6.36. The van der Waals surface area contributed by atoms with Gasteiger partial charge in [0.2, 0.25) is 5.91 Å². The largest absolute Gasteiger partial charge is 0.356 e. The Balaban J connectivity index is 1.64. The molecule has 2 fully saturated rings. The van der Waals surface area contributed by atoms with Crippen LogP contribution in [-0.2, 0) is 4.79 Å². The van der Waals surface area contributed by atoms with Crippen molar-refractivity contribution in [2.45, 2.75) is 78.2 Å². The number of likely N-dealkylation sites (tertiary alicyclic amines) is 1. The molecule has 5 heteroatoms. The van der Waals surface area contributed by atoms with Gasteiger partial charge in [0.05, 0.1) is 5.56 Å². The van der Waals surface area contributed by atoms with E-state index in [9.17, 15) is 9.59 Å². The van der Waals surface area contributed by atoms with Gasteiger partial charge in [0.15, 0.2) is 0 Å². The number of aromatic nitrogens is 1. The van der Waals surface area contributed by atoms with Crippen LogP contribution < -0.4 is 5.32 Å². The van der Waals surface area contributed by atoms with Crippen molar-refractivity contribution in [1.82, 2.24) is 14.8 Å². The Bertz CT molecular complexity index is 665. The number of hydrogen-bond acceptors (Lipinski definition) is 2. The SMILES string of the molecule is CCCNC(=O)C1CCN(C(=O)c2cc(C)n(C3CCCCC3)c2C)CC1. The summed E-state index contributed by atoms with van der Waals surface area (Å²) in [5.41, 5.74) is 3.18. The Kier molecular flexibility index (Phi) is 6.61. The zero-order chi connectivity index (χ0) is 19.4. The van der Waals surface area contributed by atoms with E-state index in [4.69, 9.17) is 0 Å². The Hall–Kier alpha value is -1.78. The molecule has 0 spiro atoms. The molecule has 1 saturated carbocycles. The van der Waals surface area contributed by atoms with Crippen LogP contribution in [-0.4, -0.2) is 40.9 Å². The molecule has 0 aromatic carbocycles. The molecule has 0 unspecified atom stereocenters. The van der Waals surface area contributed by atoms with Gasteiger partial charge >= 0.3 is 0 Å². The van der Waals surface area contributed by atoms with Crippen LogP contribution in [0.3, 0.4) is 0 Å². The van der Waals surface area contributed by atoms with E-state index in [1.807, 2.05) is 4.90 Å². The number of rotatable bonds is 5. The van der Waals surface area contributed by atoms with E-state index in [0.29, 0.717) is 19.1 Å². The quantitative estimate of drug-likeness (QED) is 0.848. The maximum atomic E-state index is 13.1. The summed E-state index contributed by atoms with van der Waals surface area (Å²) in [5.74, 6) is 0.340. The lowest BCUT2D eigenvalue weighted by molar-refractivity contribution is -0.126. The molecule has 2 aliphatic rings. The van der Waals surface area contributed by atoms with E-state index in [1.54, 1.807) is 0 Å². The number of piperidine rings is 1. The van der Waals surface area contributed by atoms with E-state index in [1.165, 1.54) is 37.8 Å².